The molecule has 2 rings (SSSR count). The van der Waals surface area contributed by atoms with Crippen molar-refractivity contribution in [1.82, 2.24) is 9.55 Å². The van der Waals surface area contributed by atoms with Gasteiger partial charge >= 0.3 is 29.8 Å². The molecule has 5 atom stereocenters. The van der Waals surface area contributed by atoms with Crippen molar-refractivity contribution >= 4 is 41.6 Å². The zero-order valence-corrected chi connectivity index (χ0v) is 17.9. The lowest BCUT2D eigenvalue weighted by atomic mass is 10.0. The number of thioether (sulfide) groups is 1. The van der Waals surface area contributed by atoms with Crippen LogP contribution in [0.3, 0.4) is 0 Å². The van der Waals surface area contributed by atoms with Gasteiger partial charge in [0.15, 0.2) is 23.7 Å². The fourth-order valence-corrected chi connectivity index (χ4v) is 4.61. The predicted octanol–water partition coefficient (Wildman–Crippen LogP) is 0.763. The summed E-state index contributed by atoms with van der Waals surface area (Å²) in [6, 6.07) is 0. The number of carbonyl (C=O) groups is 4. The molecule has 0 saturated carbocycles. The highest BCUT2D eigenvalue weighted by atomic mass is 32.2. The molecule has 14 heteroatoms. The smallest absolute Gasteiger partial charge is 0.435 e. The van der Waals surface area contributed by atoms with Gasteiger partial charge in [-0.1, -0.05) is 4.98 Å². The first-order chi connectivity index (χ1) is 14.5. The van der Waals surface area contributed by atoms with E-state index >= 15 is 0 Å². The van der Waals surface area contributed by atoms with E-state index in [0.717, 1.165) is 37.1 Å². The molecule has 0 N–H and O–H groups in total. The van der Waals surface area contributed by atoms with Crippen LogP contribution in [-0.2, 0) is 38.1 Å². The summed E-state index contributed by atoms with van der Waals surface area (Å²) in [7, 11) is 0. The van der Waals surface area contributed by atoms with Crippen molar-refractivity contribution in [2.45, 2.75) is 56.6 Å². The molecule has 1 aliphatic heterocycles. The number of carbonyl (C=O) groups excluding carboxylic acids is 4. The molecule has 2 heterocycles. The van der Waals surface area contributed by atoms with Crippen LogP contribution in [0, 0.1) is 10.1 Å². The molecule has 0 unspecified atom stereocenters. The minimum absolute atomic E-state index is 0.262. The molecular weight excluding hydrogens is 438 g/mol. The molecule has 31 heavy (non-hydrogen) atoms. The van der Waals surface area contributed by atoms with Gasteiger partial charge in [0.05, 0.1) is 5.25 Å². The lowest BCUT2D eigenvalue weighted by molar-refractivity contribution is -0.397. The first-order valence-corrected chi connectivity index (χ1v) is 9.93. The van der Waals surface area contributed by atoms with E-state index in [0.29, 0.717) is 0 Å². The van der Waals surface area contributed by atoms with Gasteiger partial charge in [0.25, 0.3) is 0 Å². The summed E-state index contributed by atoms with van der Waals surface area (Å²) in [6.45, 7) is 4.26. The van der Waals surface area contributed by atoms with Gasteiger partial charge in [-0.15, -0.1) is 11.8 Å². The Labute approximate surface area is 180 Å². The van der Waals surface area contributed by atoms with E-state index in [-0.39, 0.29) is 6.61 Å². The van der Waals surface area contributed by atoms with Crippen molar-refractivity contribution in [2.24, 2.45) is 0 Å². The van der Waals surface area contributed by atoms with Gasteiger partial charge in [0.1, 0.15) is 19.0 Å². The number of aromatic nitrogens is 2. The van der Waals surface area contributed by atoms with Gasteiger partial charge in [-0.2, -0.15) is 0 Å². The third kappa shape index (κ3) is 6.16. The van der Waals surface area contributed by atoms with Crippen molar-refractivity contribution in [2.75, 3.05) is 6.61 Å². The summed E-state index contributed by atoms with van der Waals surface area (Å²) < 4.78 is 22.2. The van der Waals surface area contributed by atoms with Crippen molar-refractivity contribution in [3.05, 3.63) is 22.5 Å². The Morgan fingerprint density at radius 2 is 1.55 bits per heavy atom. The summed E-state index contributed by atoms with van der Waals surface area (Å²) in [4.78, 5) is 61.0. The third-order valence-corrected chi connectivity index (χ3v) is 5.58. The lowest BCUT2D eigenvalue weighted by Gasteiger charge is -2.43. The van der Waals surface area contributed by atoms with E-state index in [4.69, 9.17) is 18.9 Å². The third-order valence-electron chi connectivity index (χ3n) is 4.05. The predicted molar refractivity (Wildman–Crippen MR) is 103 cm³/mol. The molecule has 1 fully saturated rings. The van der Waals surface area contributed by atoms with Crippen molar-refractivity contribution in [3.63, 3.8) is 0 Å². The standard InChI is InChI=1S/C17H21N3O10S/c1-8(21)27-7-12-13(28-9(2)22)14(29-10(3)23)15(30-11(4)24)16(31-12)19-6-5-18-17(19)20(25)26/h5-6,12-16H,7H2,1-4H3/t12-,13-,14+,15-,16-/m1/s1. The maximum atomic E-state index is 11.8. The molecule has 0 radical (unpaired) electrons. The molecule has 1 aromatic heterocycles. The molecule has 0 aliphatic carbocycles. The second-order valence-electron chi connectivity index (χ2n) is 6.48. The maximum absolute atomic E-state index is 11.8. The summed E-state index contributed by atoms with van der Waals surface area (Å²) in [5.74, 6) is -3.40. The number of imidazole rings is 1. The van der Waals surface area contributed by atoms with E-state index in [1.165, 1.54) is 19.3 Å². The van der Waals surface area contributed by atoms with E-state index in [1.54, 1.807) is 0 Å². The van der Waals surface area contributed by atoms with Crippen LogP contribution >= 0.6 is 11.8 Å². The summed E-state index contributed by atoms with van der Waals surface area (Å²) in [6.07, 6.45) is -1.30. The van der Waals surface area contributed by atoms with E-state index in [9.17, 15) is 29.3 Å². The average Bonchev–Trinajstić information content (AvgIpc) is 3.12. The minimum Gasteiger partial charge on any atom is -0.465 e. The Kier molecular flexibility index (Phi) is 7.96. The van der Waals surface area contributed by atoms with Crippen LogP contribution in [0.25, 0.3) is 0 Å². The van der Waals surface area contributed by atoms with Crippen LogP contribution in [0.15, 0.2) is 12.4 Å². The topological polar surface area (TPSA) is 166 Å². The zero-order chi connectivity index (χ0) is 23.3. The SMILES string of the molecule is CC(=O)OC[C@H]1S[C@@H](n2ccnc2[N+](=O)[O-])[C@H](OC(C)=O)[C@@H](OC(C)=O)[C@@H]1OC(C)=O. The Morgan fingerprint density at radius 3 is 2.06 bits per heavy atom. The molecule has 0 spiro atoms. The molecule has 170 valence electrons. The first kappa shape index (κ1) is 24.1. The van der Waals surface area contributed by atoms with Crippen molar-refractivity contribution in [3.8, 4) is 0 Å². The summed E-state index contributed by atoms with van der Waals surface area (Å²) in [5.41, 5.74) is 0. The summed E-state index contributed by atoms with van der Waals surface area (Å²) in [5, 5.41) is 9.58. The van der Waals surface area contributed by atoms with Crippen molar-refractivity contribution in [1.29, 1.82) is 0 Å². The Hall–Kier alpha value is -3.16. The number of hydrogen-bond acceptors (Lipinski definition) is 12. The molecule has 1 aliphatic rings. The van der Waals surface area contributed by atoms with Gasteiger partial charge in [-0.25, -0.2) is 4.57 Å². The molecule has 1 aromatic rings. The van der Waals surface area contributed by atoms with Crippen LogP contribution < -0.4 is 0 Å². The molecule has 13 nitrogen and oxygen atoms in total. The van der Waals surface area contributed by atoms with Gasteiger partial charge in [0, 0.05) is 27.7 Å². The van der Waals surface area contributed by atoms with E-state index in [2.05, 4.69) is 4.98 Å². The maximum Gasteiger partial charge on any atom is 0.435 e. The molecule has 0 aromatic carbocycles. The van der Waals surface area contributed by atoms with Crippen LogP contribution in [0.4, 0.5) is 5.95 Å². The quantitative estimate of drug-likeness (QED) is 0.243. The molecular formula is C17H21N3O10S. The Bertz CT molecular complexity index is 872. The fourth-order valence-electron chi connectivity index (χ4n) is 3.07. The number of nitro groups is 1. The minimum atomic E-state index is -1.33. The van der Waals surface area contributed by atoms with Gasteiger partial charge in [0.2, 0.25) is 0 Å². The van der Waals surface area contributed by atoms with Crippen LogP contribution in [0.1, 0.15) is 33.1 Å². The molecule has 1 saturated heterocycles. The van der Waals surface area contributed by atoms with Crippen molar-refractivity contribution < 1.29 is 43.0 Å². The summed E-state index contributed by atoms with van der Waals surface area (Å²) >= 11 is 0.989. The van der Waals surface area contributed by atoms with Crippen LogP contribution in [0.5, 0.6) is 0 Å². The molecule has 0 bridgehead atoms. The molecule has 0 amide bonds. The number of esters is 4. The second kappa shape index (κ2) is 10.2. The van der Waals surface area contributed by atoms with Gasteiger partial charge in [-0.05, 0) is 4.92 Å². The Balaban J connectivity index is 2.58. The van der Waals surface area contributed by atoms with Gasteiger partial charge < -0.3 is 29.1 Å². The largest absolute Gasteiger partial charge is 0.465 e. The van der Waals surface area contributed by atoms with E-state index < -0.39 is 63.7 Å². The van der Waals surface area contributed by atoms with Crippen LogP contribution in [0.2, 0.25) is 0 Å². The highest BCUT2D eigenvalue weighted by Gasteiger charge is 2.54. The lowest BCUT2D eigenvalue weighted by Crippen LogP contribution is -2.57. The van der Waals surface area contributed by atoms with Crippen LogP contribution in [-0.4, -0.2) is 68.5 Å². The number of rotatable bonds is 7. The van der Waals surface area contributed by atoms with Gasteiger partial charge in [-0.3, -0.25) is 19.2 Å². The monoisotopic (exact) mass is 459 g/mol. The average molecular weight is 459 g/mol. The zero-order valence-electron chi connectivity index (χ0n) is 17.1. The second-order valence-corrected chi connectivity index (χ2v) is 7.84. The fraction of sp³-hybridized carbons (Fsp3) is 0.588. The first-order valence-electron chi connectivity index (χ1n) is 8.99. The number of nitrogens with zero attached hydrogens (tertiary/aromatic N) is 3. The normalized spacial score (nSPS) is 25.2. The highest BCUT2D eigenvalue weighted by molar-refractivity contribution is 8.00. The highest BCUT2D eigenvalue weighted by Crippen LogP contribution is 2.45. The Morgan fingerprint density at radius 1 is 1.00 bits per heavy atom. The van der Waals surface area contributed by atoms with E-state index in [1.807, 2.05) is 0 Å². The number of ether oxygens (including phenoxy) is 4. The number of hydrogen-bond donors (Lipinski definition) is 0.